The first kappa shape index (κ1) is 12.7. The van der Waals surface area contributed by atoms with Crippen LogP contribution in [0.4, 0.5) is 5.69 Å². The highest BCUT2D eigenvalue weighted by molar-refractivity contribution is 5.94. The second kappa shape index (κ2) is 5.33. The second-order valence-corrected chi connectivity index (χ2v) is 6.01. The number of rotatable bonds is 2. The van der Waals surface area contributed by atoms with Crippen LogP contribution in [-0.4, -0.2) is 25.5 Å². The summed E-state index contributed by atoms with van der Waals surface area (Å²) in [6.07, 6.45) is 2.91. The molecule has 2 atom stereocenters. The summed E-state index contributed by atoms with van der Waals surface area (Å²) < 4.78 is 0. The first-order chi connectivity index (χ1) is 9.24. The summed E-state index contributed by atoms with van der Waals surface area (Å²) in [7, 11) is 0. The van der Waals surface area contributed by atoms with Gasteiger partial charge in [0.2, 0.25) is 5.91 Å². The minimum Gasteiger partial charge on any atom is -0.316 e. The van der Waals surface area contributed by atoms with E-state index in [-0.39, 0.29) is 0 Å². The molecule has 1 N–H and O–H groups in total. The Morgan fingerprint density at radius 1 is 1.42 bits per heavy atom. The lowest BCUT2D eigenvalue weighted by Crippen LogP contribution is -2.40. The topological polar surface area (TPSA) is 32.3 Å². The van der Waals surface area contributed by atoms with Gasteiger partial charge in [0.1, 0.15) is 0 Å². The standard InChI is InChI=1S/C16H22N2O/c1-12-8-14-4-2-3-5-15(14)18(11-12)16(19)9-13-6-7-17-10-13/h2-5,12-13,17H,6-11H2,1H3. The number of anilines is 1. The summed E-state index contributed by atoms with van der Waals surface area (Å²) in [6.45, 7) is 5.16. The Bertz CT molecular complexity index is 466. The van der Waals surface area contributed by atoms with E-state index in [9.17, 15) is 4.79 Å². The summed E-state index contributed by atoms with van der Waals surface area (Å²) >= 11 is 0. The molecule has 3 rings (SSSR count). The van der Waals surface area contributed by atoms with Gasteiger partial charge >= 0.3 is 0 Å². The van der Waals surface area contributed by atoms with Crippen molar-refractivity contribution in [3.8, 4) is 0 Å². The van der Waals surface area contributed by atoms with Crippen molar-refractivity contribution in [1.82, 2.24) is 5.32 Å². The maximum atomic E-state index is 12.6. The van der Waals surface area contributed by atoms with Crippen LogP contribution in [-0.2, 0) is 11.2 Å². The zero-order chi connectivity index (χ0) is 13.2. The van der Waals surface area contributed by atoms with Crippen molar-refractivity contribution >= 4 is 11.6 Å². The van der Waals surface area contributed by atoms with Crippen molar-refractivity contribution in [2.24, 2.45) is 11.8 Å². The third-order valence-corrected chi connectivity index (χ3v) is 4.27. The molecule has 19 heavy (non-hydrogen) atoms. The molecule has 1 saturated heterocycles. The van der Waals surface area contributed by atoms with E-state index in [2.05, 4.69) is 30.4 Å². The van der Waals surface area contributed by atoms with Gasteiger partial charge < -0.3 is 10.2 Å². The highest BCUT2D eigenvalue weighted by Gasteiger charge is 2.28. The lowest BCUT2D eigenvalue weighted by Gasteiger charge is -2.33. The average molecular weight is 258 g/mol. The monoisotopic (exact) mass is 258 g/mol. The van der Waals surface area contributed by atoms with E-state index < -0.39 is 0 Å². The Kier molecular flexibility index (Phi) is 3.56. The number of carbonyl (C=O) groups excluding carboxylic acids is 1. The summed E-state index contributed by atoms with van der Waals surface area (Å²) in [5, 5.41) is 3.34. The van der Waals surface area contributed by atoms with Gasteiger partial charge in [-0.3, -0.25) is 4.79 Å². The third kappa shape index (κ3) is 2.66. The molecule has 1 amide bonds. The minimum absolute atomic E-state index is 0.299. The minimum atomic E-state index is 0.299. The van der Waals surface area contributed by atoms with Crippen LogP contribution in [0.1, 0.15) is 25.3 Å². The van der Waals surface area contributed by atoms with Gasteiger partial charge in [-0.25, -0.2) is 0 Å². The molecular weight excluding hydrogens is 236 g/mol. The van der Waals surface area contributed by atoms with E-state index in [1.54, 1.807) is 0 Å². The Labute approximate surface area is 115 Å². The van der Waals surface area contributed by atoms with Crippen LogP contribution < -0.4 is 10.2 Å². The zero-order valence-corrected chi connectivity index (χ0v) is 11.6. The van der Waals surface area contributed by atoms with Crippen molar-refractivity contribution in [2.45, 2.75) is 26.2 Å². The SMILES string of the molecule is CC1Cc2ccccc2N(C(=O)CC2CCNC2)C1. The van der Waals surface area contributed by atoms with Crippen molar-refractivity contribution < 1.29 is 4.79 Å². The summed E-state index contributed by atoms with van der Waals surface area (Å²) in [5.74, 6) is 1.38. The van der Waals surface area contributed by atoms with Gasteiger partial charge in [-0.2, -0.15) is 0 Å². The predicted molar refractivity (Wildman–Crippen MR) is 77.3 cm³/mol. The number of hydrogen-bond acceptors (Lipinski definition) is 2. The second-order valence-electron chi connectivity index (χ2n) is 6.01. The van der Waals surface area contributed by atoms with Crippen molar-refractivity contribution in [1.29, 1.82) is 0 Å². The lowest BCUT2D eigenvalue weighted by atomic mass is 9.93. The smallest absolute Gasteiger partial charge is 0.227 e. The van der Waals surface area contributed by atoms with Crippen LogP contribution in [0.25, 0.3) is 0 Å². The van der Waals surface area contributed by atoms with E-state index in [0.29, 0.717) is 24.2 Å². The normalized spacial score (nSPS) is 26.3. The number of nitrogens with zero attached hydrogens (tertiary/aromatic N) is 1. The molecule has 2 heterocycles. The fraction of sp³-hybridized carbons (Fsp3) is 0.562. The van der Waals surface area contributed by atoms with Gasteiger partial charge in [0.05, 0.1) is 0 Å². The molecular formula is C16H22N2O. The van der Waals surface area contributed by atoms with Gasteiger partial charge in [-0.05, 0) is 49.4 Å². The van der Waals surface area contributed by atoms with E-state index in [0.717, 1.165) is 38.2 Å². The number of amides is 1. The molecule has 2 aliphatic heterocycles. The van der Waals surface area contributed by atoms with Crippen LogP contribution in [0.2, 0.25) is 0 Å². The van der Waals surface area contributed by atoms with Crippen LogP contribution in [0.5, 0.6) is 0 Å². The van der Waals surface area contributed by atoms with Crippen LogP contribution in [0, 0.1) is 11.8 Å². The van der Waals surface area contributed by atoms with Crippen molar-refractivity contribution in [2.75, 3.05) is 24.5 Å². The Balaban J connectivity index is 1.78. The number of benzene rings is 1. The van der Waals surface area contributed by atoms with Gasteiger partial charge in [0, 0.05) is 18.7 Å². The van der Waals surface area contributed by atoms with Crippen molar-refractivity contribution in [3.05, 3.63) is 29.8 Å². The first-order valence-electron chi connectivity index (χ1n) is 7.33. The average Bonchev–Trinajstić information content (AvgIpc) is 2.90. The molecule has 0 spiro atoms. The molecule has 0 aromatic heterocycles. The van der Waals surface area contributed by atoms with E-state index in [1.165, 1.54) is 5.56 Å². The fourth-order valence-electron chi connectivity index (χ4n) is 3.28. The number of carbonyl (C=O) groups is 1. The molecule has 102 valence electrons. The first-order valence-corrected chi connectivity index (χ1v) is 7.33. The maximum absolute atomic E-state index is 12.6. The third-order valence-electron chi connectivity index (χ3n) is 4.27. The Morgan fingerprint density at radius 3 is 3.05 bits per heavy atom. The summed E-state index contributed by atoms with van der Waals surface area (Å²) in [6, 6.07) is 8.35. The lowest BCUT2D eigenvalue weighted by molar-refractivity contribution is -0.119. The highest BCUT2D eigenvalue weighted by atomic mass is 16.2. The van der Waals surface area contributed by atoms with Gasteiger partial charge in [0.25, 0.3) is 0 Å². The van der Waals surface area contributed by atoms with Gasteiger partial charge in [0.15, 0.2) is 0 Å². The van der Waals surface area contributed by atoms with Crippen LogP contribution in [0.15, 0.2) is 24.3 Å². The number of para-hydroxylation sites is 1. The molecule has 0 bridgehead atoms. The molecule has 1 aromatic carbocycles. The predicted octanol–water partition coefficient (Wildman–Crippen LogP) is 2.21. The van der Waals surface area contributed by atoms with Crippen LogP contribution in [0.3, 0.4) is 0 Å². The zero-order valence-electron chi connectivity index (χ0n) is 11.6. The largest absolute Gasteiger partial charge is 0.316 e. The Morgan fingerprint density at radius 2 is 2.26 bits per heavy atom. The van der Waals surface area contributed by atoms with Gasteiger partial charge in [-0.1, -0.05) is 25.1 Å². The van der Waals surface area contributed by atoms with E-state index >= 15 is 0 Å². The maximum Gasteiger partial charge on any atom is 0.227 e. The molecule has 0 radical (unpaired) electrons. The quantitative estimate of drug-likeness (QED) is 0.882. The number of nitrogens with one attached hydrogen (secondary N) is 1. The molecule has 1 aromatic rings. The fourth-order valence-corrected chi connectivity index (χ4v) is 3.28. The van der Waals surface area contributed by atoms with E-state index in [1.807, 2.05) is 11.0 Å². The molecule has 3 heteroatoms. The Hall–Kier alpha value is -1.35. The molecule has 0 saturated carbocycles. The van der Waals surface area contributed by atoms with Gasteiger partial charge in [-0.15, -0.1) is 0 Å². The molecule has 0 aliphatic carbocycles. The molecule has 2 aliphatic rings. The highest BCUT2D eigenvalue weighted by Crippen LogP contribution is 2.30. The van der Waals surface area contributed by atoms with Crippen molar-refractivity contribution in [3.63, 3.8) is 0 Å². The summed E-state index contributed by atoms with van der Waals surface area (Å²) in [4.78, 5) is 14.6. The molecule has 1 fully saturated rings. The number of hydrogen-bond donors (Lipinski definition) is 1. The molecule has 3 nitrogen and oxygen atoms in total. The summed E-state index contributed by atoms with van der Waals surface area (Å²) in [5.41, 5.74) is 2.45. The van der Waals surface area contributed by atoms with Crippen LogP contribution >= 0.6 is 0 Å². The molecule has 2 unspecified atom stereocenters. The number of fused-ring (bicyclic) bond motifs is 1. The van der Waals surface area contributed by atoms with E-state index in [4.69, 9.17) is 0 Å².